The van der Waals surface area contributed by atoms with Gasteiger partial charge in [0.1, 0.15) is 0 Å². The lowest BCUT2D eigenvalue weighted by molar-refractivity contribution is -0.907. The van der Waals surface area contributed by atoms with Crippen molar-refractivity contribution in [2.75, 3.05) is 26.2 Å². The summed E-state index contributed by atoms with van der Waals surface area (Å²) in [5.41, 5.74) is 0. The van der Waals surface area contributed by atoms with E-state index in [2.05, 4.69) is 19.1 Å². The largest absolute Gasteiger partial charge is 0.477 e. The first-order chi connectivity index (χ1) is 15.8. The van der Waals surface area contributed by atoms with Crippen LogP contribution in [0.25, 0.3) is 0 Å². The number of rotatable bonds is 24. The summed E-state index contributed by atoms with van der Waals surface area (Å²) in [5, 5.41) is 27.3. The fourth-order valence-electron chi connectivity index (χ4n) is 4.31. The molecule has 192 valence electrons. The molecule has 0 saturated heterocycles. The van der Waals surface area contributed by atoms with Crippen LogP contribution in [0, 0.1) is 0 Å². The van der Waals surface area contributed by atoms with Crippen molar-refractivity contribution >= 4 is 17.9 Å². The number of nitrogens with zero attached hydrogens (tertiary/aromatic N) is 1. The predicted molar refractivity (Wildman–Crippen MR) is 131 cm³/mol. The highest BCUT2D eigenvalue weighted by Gasteiger charge is 2.35. The van der Waals surface area contributed by atoms with E-state index in [4.69, 9.17) is 15.3 Å². The third-order valence-electron chi connectivity index (χ3n) is 6.06. The SMILES string of the molecule is CCCCCCCCCCCCCC/C=C/CCCC[N+](CC(=O)O)(CC(=O)O)CC(=O)O. The van der Waals surface area contributed by atoms with Crippen LogP contribution >= 0.6 is 0 Å². The number of hydrogen-bond donors (Lipinski definition) is 3. The van der Waals surface area contributed by atoms with Gasteiger partial charge in [-0.25, -0.2) is 14.4 Å². The summed E-state index contributed by atoms with van der Waals surface area (Å²) in [6.45, 7) is 1.01. The average Bonchev–Trinajstić information content (AvgIpc) is 2.71. The molecule has 0 bridgehead atoms. The van der Waals surface area contributed by atoms with E-state index >= 15 is 0 Å². The van der Waals surface area contributed by atoms with Gasteiger partial charge < -0.3 is 15.3 Å². The van der Waals surface area contributed by atoms with Crippen LogP contribution in [0.5, 0.6) is 0 Å². The molecule has 0 aromatic heterocycles. The van der Waals surface area contributed by atoms with Gasteiger partial charge in [0.2, 0.25) is 0 Å². The Hall–Kier alpha value is -1.89. The average molecular weight is 471 g/mol. The molecule has 0 atom stereocenters. The van der Waals surface area contributed by atoms with Crippen LogP contribution < -0.4 is 0 Å². The molecule has 0 amide bonds. The Labute approximate surface area is 200 Å². The maximum absolute atomic E-state index is 11.2. The third-order valence-corrected chi connectivity index (χ3v) is 6.06. The van der Waals surface area contributed by atoms with Gasteiger partial charge in [0.05, 0.1) is 6.54 Å². The van der Waals surface area contributed by atoms with E-state index in [1.54, 1.807) is 0 Å². The van der Waals surface area contributed by atoms with Crippen molar-refractivity contribution < 1.29 is 34.2 Å². The normalized spacial score (nSPS) is 11.8. The van der Waals surface area contributed by atoms with Crippen molar-refractivity contribution in [2.45, 2.75) is 110 Å². The van der Waals surface area contributed by atoms with Crippen LogP contribution in [0.3, 0.4) is 0 Å². The molecule has 0 heterocycles. The van der Waals surface area contributed by atoms with E-state index in [-0.39, 0.29) is 6.54 Å². The fourth-order valence-corrected chi connectivity index (χ4v) is 4.31. The molecule has 0 fully saturated rings. The summed E-state index contributed by atoms with van der Waals surface area (Å²) in [6.07, 6.45) is 23.7. The first kappa shape index (κ1) is 31.1. The van der Waals surface area contributed by atoms with Crippen LogP contribution in [0.1, 0.15) is 110 Å². The molecular formula is C26H48NO6+. The molecule has 0 spiro atoms. The molecule has 0 saturated carbocycles. The zero-order valence-electron chi connectivity index (χ0n) is 20.8. The highest BCUT2D eigenvalue weighted by atomic mass is 16.4. The second kappa shape index (κ2) is 20.7. The Morgan fingerprint density at radius 2 is 0.879 bits per heavy atom. The van der Waals surface area contributed by atoms with E-state index in [0.29, 0.717) is 6.42 Å². The Kier molecular flexibility index (Phi) is 19.5. The van der Waals surface area contributed by atoms with Gasteiger partial charge in [-0.15, -0.1) is 0 Å². The minimum Gasteiger partial charge on any atom is -0.477 e. The van der Waals surface area contributed by atoms with Crippen LogP contribution in [0.2, 0.25) is 0 Å². The summed E-state index contributed by atoms with van der Waals surface area (Å²) in [5.74, 6) is -3.54. The molecule has 0 radical (unpaired) electrons. The summed E-state index contributed by atoms with van der Waals surface area (Å²) in [7, 11) is 0. The van der Waals surface area contributed by atoms with Gasteiger partial charge in [0.25, 0.3) is 0 Å². The minimum absolute atomic E-state index is 0.234. The highest BCUT2D eigenvalue weighted by molar-refractivity contribution is 5.73. The predicted octanol–water partition coefficient (Wildman–Crippen LogP) is 5.87. The van der Waals surface area contributed by atoms with E-state index in [0.717, 1.165) is 19.3 Å². The fraction of sp³-hybridized carbons (Fsp3) is 0.808. The first-order valence-corrected chi connectivity index (χ1v) is 13.0. The Morgan fingerprint density at radius 3 is 1.24 bits per heavy atom. The van der Waals surface area contributed by atoms with Crippen molar-refractivity contribution in [2.24, 2.45) is 0 Å². The second-order valence-electron chi connectivity index (χ2n) is 9.37. The molecule has 0 aliphatic rings. The van der Waals surface area contributed by atoms with Crippen LogP contribution in [-0.4, -0.2) is 63.9 Å². The second-order valence-corrected chi connectivity index (χ2v) is 9.37. The van der Waals surface area contributed by atoms with Crippen LogP contribution in [0.4, 0.5) is 0 Å². The molecule has 0 aromatic rings. The summed E-state index contributed by atoms with van der Waals surface area (Å²) in [6, 6.07) is 0. The number of carbonyl (C=O) groups is 3. The Balaban J connectivity index is 3.85. The van der Waals surface area contributed by atoms with Gasteiger partial charge >= 0.3 is 17.9 Å². The zero-order valence-corrected chi connectivity index (χ0v) is 20.8. The van der Waals surface area contributed by atoms with Crippen molar-refractivity contribution in [1.82, 2.24) is 0 Å². The Bertz CT molecular complexity index is 520. The van der Waals surface area contributed by atoms with Gasteiger partial charge in [-0.05, 0) is 32.1 Å². The summed E-state index contributed by atoms with van der Waals surface area (Å²) >= 11 is 0. The van der Waals surface area contributed by atoms with Crippen LogP contribution in [0.15, 0.2) is 12.2 Å². The topological polar surface area (TPSA) is 112 Å². The van der Waals surface area contributed by atoms with E-state index in [1.165, 1.54) is 77.0 Å². The first-order valence-electron chi connectivity index (χ1n) is 13.0. The molecular weight excluding hydrogens is 422 g/mol. The number of carboxylic acids is 3. The quantitative estimate of drug-likeness (QED) is 0.0923. The molecule has 0 aliphatic heterocycles. The van der Waals surface area contributed by atoms with E-state index < -0.39 is 42.0 Å². The van der Waals surface area contributed by atoms with Crippen LogP contribution in [-0.2, 0) is 14.4 Å². The van der Waals surface area contributed by atoms with Crippen molar-refractivity contribution in [3.05, 3.63) is 12.2 Å². The molecule has 0 aliphatic carbocycles. The summed E-state index contributed by atoms with van der Waals surface area (Å²) < 4.78 is -0.456. The smallest absolute Gasteiger partial charge is 0.359 e. The van der Waals surface area contributed by atoms with Crippen molar-refractivity contribution in [1.29, 1.82) is 0 Å². The van der Waals surface area contributed by atoms with E-state index in [1.807, 2.05) is 0 Å². The molecule has 33 heavy (non-hydrogen) atoms. The number of hydrogen-bond acceptors (Lipinski definition) is 3. The van der Waals surface area contributed by atoms with E-state index in [9.17, 15) is 14.4 Å². The van der Waals surface area contributed by atoms with Crippen molar-refractivity contribution in [3.63, 3.8) is 0 Å². The highest BCUT2D eigenvalue weighted by Crippen LogP contribution is 2.14. The number of unbranched alkanes of at least 4 members (excludes halogenated alkanes) is 14. The molecule has 7 nitrogen and oxygen atoms in total. The lowest BCUT2D eigenvalue weighted by Gasteiger charge is -2.34. The summed E-state index contributed by atoms with van der Waals surface area (Å²) in [4.78, 5) is 33.5. The molecule has 0 rings (SSSR count). The number of carboxylic acid groups (broad SMARTS) is 3. The molecule has 7 heteroatoms. The molecule has 0 unspecified atom stereocenters. The monoisotopic (exact) mass is 470 g/mol. The lowest BCUT2D eigenvalue weighted by Crippen LogP contribution is -2.57. The third kappa shape index (κ3) is 20.4. The van der Waals surface area contributed by atoms with Crippen molar-refractivity contribution in [3.8, 4) is 0 Å². The standard InChI is InChI=1S/C26H47NO6/c1-2-3-4-5-6-7-8-9-10-11-12-13-14-15-16-17-18-19-20-27(21-24(28)29,22-25(30)31)23-26(32)33/h15-16H,2-14,17-23H2,1H3,(H2-,28,29,30,31,32,33)/p+1/b16-15+. The van der Waals surface area contributed by atoms with Gasteiger partial charge in [-0.3, -0.25) is 4.48 Å². The number of quaternary nitrogens is 1. The molecule has 3 N–H and O–H groups in total. The number of allylic oxidation sites excluding steroid dienone is 2. The number of aliphatic carboxylic acids is 3. The Morgan fingerprint density at radius 1 is 0.545 bits per heavy atom. The zero-order chi connectivity index (χ0) is 24.8. The van der Waals surface area contributed by atoms with Gasteiger partial charge in [0, 0.05) is 0 Å². The maximum Gasteiger partial charge on any atom is 0.359 e. The molecule has 0 aromatic carbocycles. The minimum atomic E-state index is -1.18. The lowest BCUT2D eigenvalue weighted by atomic mass is 10.0. The van der Waals surface area contributed by atoms with Gasteiger partial charge in [-0.1, -0.05) is 89.7 Å². The van der Waals surface area contributed by atoms with Gasteiger partial charge in [-0.2, -0.15) is 0 Å². The van der Waals surface area contributed by atoms with Gasteiger partial charge in [0.15, 0.2) is 19.6 Å². The maximum atomic E-state index is 11.2.